The molecule has 174 valence electrons. The van der Waals surface area contributed by atoms with Crippen LogP contribution in [0.15, 0.2) is 48.5 Å². The lowest BCUT2D eigenvalue weighted by Gasteiger charge is -2.36. The first-order valence-electron chi connectivity index (χ1n) is 11.7. The molecular weight excluding hydrogens is 398 g/mol. The summed E-state index contributed by atoms with van der Waals surface area (Å²) < 4.78 is 5.40. The van der Waals surface area contributed by atoms with Crippen molar-refractivity contribution in [1.82, 2.24) is 10.2 Å². The maximum Gasteiger partial charge on any atom is 0.407 e. The van der Waals surface area contributed by atoms with Crippen LogP contribution in [0.3, 0.4) is 0 Å². The van der Waals surface area contributed by atoms with Gasteiger partial charge in [-0.25, -0.2) is 4.79 Å². The fraction of sp³-hybridized carbons (Fsp3) is 0.519. The molecule has 0 saturated heterocycles. The lowest BCUT2D eigenvalue weighted by Crippen LogP contribution is -2.32. The normalized spacial score (nSPS) is 18.1. The van der Waals surface area contributed by atoms with Crippen molar-refractivity contribution in [2.24, 2.45) is 5.92 Å². The minimum absolute atomic E-state index is 0.134. The molecule has 0 radical (unpaired) electrons. The minimum Gasteiger partial charge on any atom is -0.450 e. The highest BCUT2D eigenvalue weighted by Gasteiger charge is 2.30. The van der Waals surface area contributed by atoms with Crippen molar-refractivity contribution in [2.45, 2.75) is 51.5 Å². The molecule has 2 atom stereocenters. The summed E-state index contributed by atoms with van der Waals surface area (Å²) in [7, 11) is 3.97. The maximum absolute atomic E-state index is 11.9. The van der Waals surface area contributed by atoms with Crippen molar-refractivity contribution >= 4 is 11.8 Å². The summed E-state index contributed by atoms with van der Waals surface area (Å²) in [6.07, 6.45) is 2.55. The first kappa shape index (κ1) is 24.1. The highest BCUT2D eigenvalue weighted by molar-refractivity contribution is 5.67. The van der Waals surface area contributed by atoms with Crippen LogP contribution in [0.1, 0.15) is 56.3 Å². The Morgan fingerprint density at radius 2 is 1.91 bits per heavy atom. The number of likely N-dealkylation sites (N-methyl/N-ethyl adjacent to an activating group) is 1. The maximum atomic E-state index is 11.9. The number of benzene rings is 2. The van der Waals surface area contributed by atoms with Crippen molar-refractivity contribution in [3.63, 3.8) is 0 Å². The van der Waals surface area contributed by atoms with Gasteiger partial charge in [0.25, 0.3) is 0 Å². The number of nitrogens with zero attached hydrogens (tertiary/aromatic N) is 1. The number of nitrogens with one attached hydrogen (secondary N) is 2. The number of rotatable bonds is 8. The number of hydrogen-bond donors (Lipinski definition) is 2. The van der Waals surface area contributed by atoms with Crippen LogP contribution in [-0.4, -0.2) is 44.8 Å². The zero-order valence-electron chi connectivity index (χ0n) is 20.3. The van der Waals surface area contributed by atoms with Gasteiger partial charge < -0.3 is 20.3 Å². The van der Waals surface area contributed by atoms with Gasteiger partial charge in [0.1, 0.15) is 0 Å². The predicted octanol–water partition coefficient (Wildman–Crippen LogP) is 5.38. The molecule has 5 nitrogen and oxygen atoms in total. The number of fused-ring (bicyclic) bond motifs is 1. The lowest BCUT2D eigenvalue weighted by molar-refractivity contribution is 0.140. The van der Waals surface area contributed by atoms with Crippen molar-refractivity contribution in [3.8, 4) is 0 Å². The zero-order chi connectivity index (χ0) is 23.1. The van der Waals surface area contributed by atoms with Gasteiger partial charge in [0, 0.05) is 18.8 Å². The van der Waals surface area contributed by atoms with E-state index in [4.69, 9.17) is 4.74 Å². The minimum atomic E-state index is -0.326. The van der Waals surface area contributed by atoms with E-state index >= 15 is 0 Å². The topological polar surface area (TPSA) is 53.6 Å². The Hall–Kier alpha value is -2.53. The Morgan fingerprint density at radius 1 is 1.16 bits per heavy atom. The number of alkyl carbamates (subject to hydrolysis) is 1. The Kier molecular flexibility index (Phi) is 8.19. The number of ether oxygens (including phenoxy) is 1. The molecule has 0 bridgehead atoms. The van der Waals surface area contributed by atoms with Gasteiger partial charge in [-0.15, -0.1) is 0 Å². The summed E-state index contributed by atoms with van der Waals surface area (Å²) in [6.45, 7) is 8.63. The average Bonchev–Trinajstić information content (AvgIpc) is 2.75. The molecule has 1 aliphatic heterocycles. The van der Waals surface area contributed by atoms with Crippen LogP contribution in [0.2, 0.25) is 0 Å². The molecule has 2 aromatic rings. The van der Waals surface area contributed by atoms with Crippen LogP contribution in [0, 0.1) is 5.92 Å². The lowest BCUT2D eigenvalue weighted by atomic mass is 9.78. The van der Waals surface area contributed by atoms with Gasteiger partial charge in [-0.05, 0) is 67.4 Å². The van der Waals surface area contributed by atoms with Crippen molar-refractivity contribution in [2.75, 3.05) is 39.1 Å². The fourth-order valence-corrected chi connectivity index (χ4v) is 4.28. The third-order valence-corrected chi connectivity index (χ3v) is 6.18. The highest BCUT2D eigenvalue weighted by Crippen LogP contribution is 2.40. The van der Waals surface area contributed by atoms with E-state index in [0.29, 0.717) is 19.1 Å². The summed E-state index contributed by atoms with van der Waals surface area (Å²) in [5, 5.41) is 6.61. The summed E-state index contributed by atoms with van der Waals surface area (Å²) in [5.74, 6) is 0.445. The van der Waals surface area contributed by atoms with E-state index in [1.807, 2.05) is 19.0 Å². The third-order valence-electron chi connectivity index (χ3n) is 6.18. The van der Waals surface area contributed by atoms with Gasteiger partial charge in [0.15, 0.2) is 0 Å². The number of hydrogen-bond acceptors (Lipinski definition) is 4. The Balaban J connectivity index is 1.63. The number of carbonyl (C=O) groups excluding carboxylic acids is 1. The van der Waals surface area contributed by atoms with Crippen LogP contribution in [0.25, 0.3) is 0 Å². The van der Waals surface area contributed by atoms with Gasteiger partial charge in [-0.2, -0.15) is 0 Å². The van der Waals surface area contributed by atoms with Crippen molar-refractivity contribution in [1.29, 1.82) is 0 Å². The number of carbonyl (C=O) groups is 1. The molecule has 2 aromatic carbocycles. The quantitative estimate of drug-likeness (QED) is 0.545. The third kappa shape index (κ3) is 6.73. The molecular formula is C27H39N3O2. The molecule has 1 heterocycles. The second kappa shape index (κ2) is 10.9. The second-order valence-electron chi connectivity index (χ2n) is 10.1. The number of anilines is 1. The van der Waals surface area contributed by atoms with E-state index in [-0.39, 0.29) is 17.6 Å². The Labute approximate surface area is 193 Å². The molecule has 0 spiro atoms. The van der Waals surface area contributed by atoms with Crippen LogP contribution in [0.5, 0.6) is 0 Å². The molecule has 0 fully saturated rings. The molecule has 3 rings (SSSR count). The molecule has 0 aliphatic carbocycles. The van der Waals surface area contributed by atoms with E-state index in [1.54, 1.807) is 0 Å². The van der Waals surface area contributed by atoms with Gasteiger partial charge in [0.2, 0.25) is 0 Å². The molecule has 1 aliphatic rings. The fourth-order valence-electron chi connectivity index (χ4n) is 4.28. The Morgan fingerprint density at radius 3 is 2.59 bits per heavy atom. The number of amides is 1. The molecule has 0 saturated carbocycles. The van der Waals surface area contributed by atoms with Gasteiger partial charge >= 0.3 is 6.09 Å². The van der Waals surface area contributed by atoms with Crippen LogP contribution < -0.4 is 10.6 Å². The second-order valence-corrected chi connectivity index (χ2v) is 10.1. The standard InChI is InChI=1S/C27H39N3O2/c1-27(2,3)23-13-14-24-22(19-23)18-21(25(29-24)20-10-7-6-8-11-20)12-9-17-32-26(31)28-15-16-30(4)5/h6-8,10-11,13-14,19,21,25,29H,9,12,15-18H2,1-5H3,(H,28,31). The van der Waals surface area contributed by atoms with Gasteiger partial charge in [-0.1, -0.05) is 63.2 Å². The summed E-state index contributed by atoms with van der Waals surface area (Å²) in [4.78, 5) is 13.9. The zero-order valence-corrected chi connectivity index (χ0v) is 20.3. The Bertz CT molecular complexity index is 874. The molecule has 2 unspecified atom stereocenters. The molecule has 5 heteroatoms. The van der Waals surface area contributed by atoms with E-state index < -0.39 is 0 Å². The smallest absolute Gasteiger partial charge is 0.407 e. The largest absolute Gasteiger partial charge is 0.450 e. The van der Waals surface area contributed by atoms with Crippen LogP contribution in [0.4, 0.5) is 10.5 Å². The van der Waals surface area contributed by atoms with E-state index in [2.05, 4.69) is 79.9 Å². The average molecular weight is 438 g/mol. The molecule has 32 heavy (non-hydrogen) atoms. The summed E-state index contributed by atoms with van der Waals surface area (Å²) >= 11 is 0. The van der Waals surface area contributed by atoms with Crippen LogP contribution in [-0.2, 0) is 16.6 Å². The SMILES string of the molecule is CN(C)CCNC(=O)OCCCC1Cc2cc(C(C)(C)C)ccc2NC1c1ccccc1. The summed E-state index contributed by atoms with van der Waals surface area (Å²) in [5.41, 5.74) is 5.43. The van der Waals surface area contributed by atoms with E-state index in [1.165, 1.54) is 22.4 Å². The first-order chi connectivity index (χ1) is 15.2. The van der Waals surface area contributed by atoms with Crippen molar-refractivity contribution < 1.29 is 9.53 Å². The highest BCUT2D eigenvalue weighted by atomic mass is 16.5. The van der Waals surface area contributed by atoms with Gasteiger partial charge in [-0.3, -0.25) is 0 Å². The molecule has 0 aromatic heterocycles. The van der Waals surface area contributed by atoms with Crippen molar-refractivity contribution in [3.05, 3.63) is 65.2 Å². The van der Waals surface area contributed by atoms with Crippen LogP contribution >= 0.6 is 0 Å². The summed E-state index contributed by atoms with van der Waals surface area (Å²) in [6, 6.07) is 17.8. The first-order valence-corrected chi connectivity index (χ1v) is 11.7. The van der Waals surface area contributed by atoms with E-state index in [0.717, 1.165) is 25.8 Å². The van der Waals surface area contributed by atoms with Gasteiger partial charge in [0.05, 0.1) is 12.6 Å². The molecule has 2 N–H and O–H groups in total. The van der Waals surface area contributed by atoms with E-state index in [9.17, 15) is 4.79 Å². The molecule has 1 amide bonds. The monoisotopic (exact) mass is 437 g/mol. The predicted molar refractivity (Wildman–Crippen MR) is 132 cm³/mol.